The van der Waals surface area contributed by atoms with Gasteiger partial charge < -0.3 is 5.32 Å². The fourth-order valence-electron chi connectivity index (χ4n) is 2.26. The molecule has 0 aliphatic heterocycles. The molecule has 1 heteroatoms. The highest BCUT2D eigenvalue weighted by atomic mass is 14.9. The predicted molar refractivity (Wildman–Crippen MR) is 82.1 cm³/mol. The van der Waals surface area contributed by atoms with E-state index in [1.54, 1.807) is 0 Å². The van der Waals surface area contributed by atoms with Crippen LogP contribution >= 0.6 is 0 Å². The summed E-state index contributed by atoms with van der Waals surface area (Å²) in [6.07, 6.45) is 2.00. The van der Waals surface area contributed by atoms with E-state index in [2.05, 4.69) is 73.4 Å². The lowest BCUT2D eigenvalue weighted by Gasteiger charge is -2.22. The largest absolute Gasteiger partial charge is 0.306 e. The van der Waals surface area contributed by atoms with Gasteiger partial charge in [0.25, 0.3) is 0 Å². The van der Waals surface area contributed by atoms with E-state index in [0.29, 0.717) is 5.92 Å². The van der Waals surface area contributed by atoms with Gasteiger partial charge in [0.2, 0.25) is 0 Å². The van der Waals surface area contributed by atoms with Crippen LogP contribution in [0, 0.1) is 0 Å². The van der Waals surface area contributed by atoms with Gasteiger partial charge >= 0.3 is 0 Å². The summed E-state index contributed by atoms with van der Waals surface area (Å²) in [6.45, 7) is 7.06. The topological polar surface area (TPSA) is 12.0 Å². The Morgan fingerprint density at radius 2 is 1.58 bits per heavy atom. The van der Waals surface area contributed by atoms with Crippen molar-refractivity contribution >= 4 is 0 Å². The molecule has 2 aromatic rings. The van der Waals surface area contributed by atoms with E-state index in [1.807, 2.05) is 12.1 Å². The molecule has 0 unspecified atom stereocenters. The first-order valence-corrected chi connectivity index (χ1v) is 6.76. The zero-order chi connectivity index (χ0) is 13.5. The normalized spacial score (nSPS) is 13.7. The van der Waals surface area contributed by atoms with E-state index in [1.165, 1.54) is 11.1 Å². The van der Waals surface area contributed by atoms with Gasteiger partial charge in [-0.3, -0.25) is 0 Å². The third kappa shape index (κ3) is 3.80. The van der Waals surface area contributed by atoms with E-state index >= 15 is 0 Å². The monoisotopic (exact) mass is 251 g/mol. The molecular weight excluding hydrogens is 230 g/mol. The molecule has 0 saturated heterocycles. The Morgan fingerprint density at radius 3 is 2.16 bits per heavy atom. The Morgan fingerprint density at radius 1 is 1.00 bits per heavy atom. The average molecular weight is 251 g/mol. The van der Waals surface area contributed by atoms with Gasteiger partial charge in [-0.15, -0.1) is 6.58 Å². The standard InChI is InChI=1S/C18H21N/c1-3-18(15(2)17-12-8-5-9-13-17)19-14-16-10-6-4-7-11-16/h3-13,15,18-19H,1,14H2,2H3/t15-,18+/m1/s1. The minimum absolute atomic E-state index is 0.280. The molecule has 2 rings (SSSR count). The van der Waals surface area contributed by atoms with Crippen molar-refractivity contribution in [3.8, 4) is 0 Å². The van der Waals surface area contributed by atoms with Crippen LogP contribution in [-0.2, 0) is 6.54 Å². The van der Waals surface area contributed by atoms with Gasteiger partial charge in [0.1, 0.15) is 0 Å². The van der Waals surface area contributed by atoms with Crippen molar-refractivity contribution < 1.29 is 0 Å². The zero-order valence-electron chi connectivity index (χ0n) is 11.4. The van der Waals surface area contributed by atoms with Crippen molar-refractivity contribution in [2.75, 3.05) is 0 Å². The summed E-state index contributed by atoms with van der Waals surface area (Å²) in [6, 6.07) is 21.3. The third-order valence-corrected chi connectivity index (χ3v) is 3.50. The number of hydrogen-bond donors (Lipinski definition) is 1. The van der Waals surface area contributed by atoms with Crippen molar-refractivity contribution in [3.05, 3.63) is 84.4 Å². The second-order valence-corrected chi connectivity index (χ2v) is 4.83. The van der Waals surface area contributed by atoms with Crippen LogP contribution in [0.5, 0.6) is 0 Å². The molecule has 0 fully saturated rings. The van der Waals surface area contributed by atoms with Crippen molar-refractivity contribution in [1.29, 1.82) is 0 Å². The van der Waals surface area contributed by atoms with Gasteiger partial charge in [-0.2, -0.15) is 0 Å². The van der Waals surface area contributed by atoms with Crippen LogP contribution in [-0.4, -0.2) is 6.04 Å². The molecule has 0 radical (unpaired) electrons. The maximum absolute atomic E-state index is 3.96. The Balaban J connectivity index is 1.99. The lowest BCUT2D eigenvalue weighted by Crippen LogP contribution is -2.31. The van der Waals surface area contributed by atoms with Gasteiger partial charge in [0, 0.05) is 12.6 Å². The molecule has 1 nitrogen and oxygen atoms in total. The second kappa shape index (κ2) is 6.91. The highest BCUT2D eigenvalue weighted by molar-refractivity contribution is 5.22. The zero-order valence-corrected chi connectivity index (χ0v) is 11.4. The summed E-state index contributed by atoms with van der Waals surface area (Å²) < 4.78 is 0. The first kappa shape index (κ1) is 13.6. The predicted octanol–water partition coefficient (Wildman–Crippen LogP) is 4.13. The van der Waals surface area contributed by atoms with Gasteiger partial charge in [-0.25, -0.2) is 0 Å². The van der Waals surface area contributed by atoms with Crippen LogP contribution in [0.15, 0.2) is 73.3 Å². The summed E-state index contributed by atoms with van der Waals surface area (Å²) in [4.78, 5) is 0. The van der Waals surface area contributed by atoms with Gasteiger partial charge in [0.15, 0.2) is 0 Å². The van der Waals surface area contributed by atoms with Crippen molar-refractivity contribution in [2.24, 2.45) is 0 Å². The van der Waals surface area contributed by atoms with Crippen LogP contribution < -0.4 is 5.32 Å². The Bertz CT molecular complexity index is 490. The van der Waals surface area contributed by atoms with Gasteiger partial charge in [-0.1, -0.05) is 73.7 Å². The van der Waals surface area contributed by atoms with Gasteiger partial charge in [0.05, 0.1) is 0 Å². The fraction of sp³-hybridized carbons (Fsp3) is 0.222. The first-order valence-electron chi connectivity index (χ1n) is 6.76. The molecule has 0 heterocycles. The summed E-state index contributed by atoms with van der Waals surface area (Å²) in [7, 11) is 0. The van der Waals surface area contributed by atoms with Crippen LogP contribution in [0.2, 0.25) is 0 Å². The molecular formula is C18H21N. The lowest BCUT2D eigenvalue weighted by atomic mass is 9.93. The first-order chi connectivity index (χ1) is 9.31. The number of benzene rings is 2. The van der Waals surface area contributed by atoms with Crippen LogP contribution in [0.1, 0.15) is 24.0 Å². The molecule has 0 amide bonds. The maximum atomic E-state index is 3.96. The fourth-order valence-corrected chi connectivity index (χ4v) is 2.26. The van der Waals surface area contributed by atoms with E-state index in [-0.39, 0.29) is 6.04 Å². The van der Waals surface area contributed by atoms with Gasteiger partial charge in [-0.05, 0) is 17.0 Å². The Labute approximate surface area is 116 Å². The molecule has 2 atom stereocenters. The van der Waals surface area contributed by atoms with Crippen molar-refractivity contribution in [1.82, 2.24) is 5.32 Å². The van der Waals surface area contributed by atoms with Crippen LogP contribution in [0.25, 0.3) is 0 Å². The molecule has 0 aliphatic carbocycles. The van der Waals surface area contributed by atoms with Crippen LogP contribution in [0.4, 0.5) is 0 Å². The minimum atomic E-state index is 0.280. The number of hydrogen-bond acceptors (Lipinski definition) is 1. The number of rotatable bonds is 6. The molecule has 0 aliphatic rings. The second-order valence-electron chi connectivity index (χ2n) is 4.83. The number of nitrogens with one attached hydrogen (secondary N) is 1. The molecule has 0 spiro atoms. The van der Waals surface area contributed by atoms with Crippen LogP contribution in [0.3, 0.4) is 0 Å². The van der Waals surface area contributed by atoms with E-state index < -0.39 is 0 Å². The SMILES string of the molecule is C=C[C@H](NCc1ccccc1)[C@H](C)c1ccccc1. The lowest BCUT2D eigenvalue weighted by molar-refractivity contribution is 0.522. The van der Waals surface area contributed by atoms with E-state index in [4.69, 9.17) is 0 Å². The molecule has 19 heavy (non-hydrogen) atoms. The van der Waals surface area contributed by atoms with Crippen molar-refractivity contribution in [3.63, 3.8) is 0 Å². The molecule has 0 aromatic heterocycles. The summed E-state index contributed by atoms with van der Waals surface area (Å²) in [5.74, 6) is 0.419. The summed E-state index contributed by atoms with van der Waals surface area (Å²) in [5.41, 5.74) is 2.64. The van der Waals surface area contributed by atoms with Crippen molar-refractivity contribution in [2.45, 2.75) is 25.4 Å². The quantitative estimate of drug-likeness (QED) is 0.761. The Hall–Kier alpha value is -1.86. The molecule has 2 aromatic carbocycles. The minimum Gasteiger partial charge on any atom is -0.306 e. The molecule has 1 N–H and O–H groups in total. The summed E-state index contributed by atoms with van der Waals surface area (Å²) in [5, 5.41) is 3.57. The smallest absolute Gasteiger partial charge is 0.0316 e. The van der Waals surface area contributed by atoms with E-state index in [9.17, 15) is 0 Å². The molecule has 98 valence electrons. The third-order valence-electron chi connectivity index (χ3n) is 3.50. The summed E-state index contributed by atoms with van der Waals surface area (Å²) >= 11 is 0. The molecule has 0 bridgehead atoms. The molecule has 0 saturated carbocycles. The highest BCUT2D eigenvalue weighted by Crippen LogP contribution is 2.19. The highest BCUT2D eigenvalue weighted by Gasteiger charge is 2.14. The Kier molecular flexibility index (Phi) is 4.93. The maximum Gasteiger partial charge on any atom is 0.0316 e. The van der Waals surface area contributed by atoms with E-state index in [0.717, 1.165) is 6.54 Å². The average Bonchev–Trinajstić information content (AvgIpc) is 2.49.